The van der Waals surface area contributed by atoms with Crippen molar-refractivity contribution in [1.82, 2.24) is 9.80 Å². The second-order valence-corrected chi connectivity index (χ2v) is 9.71. The molecule has 0 saturated carbocycles. The van der Waals surface area contributed by atoms with Crippen LogP contribution in [0.25, 0.3) is 0 Å². The Morgan fingerprint density at radius 2 is 1.77 bits per heavy atom. The summed E-state index contributed by atoms with van der Waals surface area (Å²) in [6.45, 7) is 18.4. The Balaban J connectivity index is 1.72. The molecular formula is C19H33BN2O4. The SMILES string of the molecule is C[C@H]1C2C=C(B3OC(C)(C)C(C)(C)O3)CN2CCN1C(=O)OC(C)(C)C. The zero-order chi connectivity index (χ0) is 19.5. The first-order chi connectivity index (χ1) is 11.8. The molecule has 1 unspecified atom stereocenters. The fraction of sp³-hybridized carbons (Fsp3) is 0.842. The molecule has 3 heterocycles. The summed E-state index contributed by atoms with van der Waals surface area (Å²) >= 11 is 0. The number of nitrogens with zero attached hydrogens (tertiary/aromatic N) is 2. The van der Waals surface area contributed by atoms with Crippen molar-refractivity contribution >= 4 is 13.2 Å². The van der Waals surface area contributed by atoms with E-state index < -0.39 is 5.60 Å². The Morgan fingerprint density at radius 1 is 1.19 bits per heavy atom. The molecule has 0 radical (unpaired) electrons. The van der Waals surface area contributed by atoms with Gasteiger partial charge in [0.05, 0.1) is 17.2 Å². The van der Waals surface area contributed by atoms with Crippen LogP contribution in [0.15, 0.2) is 11.5 Å². The highest BCUT2D eigenvalue weighted by molar-refractivity contribution is 6.55. The van der Waals surface area contributed by atoms with Gasteiger partial charge in [-0.15, -0.1) is 0 Å². The highest BCUT2D eigenvalue weighted by Gasteiger charge is 2.54. The number of piperazine rings is 1. The van der Waals surface area contributed by atoms with Crippen LogP contribution in [0.5, 0.6) is 0 Å². The van der Waals surface area contributed by atoms with Gasteiger partial charge >= 0.3 is 13.2 Å². The van der Waals surface area contributed by atoms with E-state index in [4.69, 9.17) is 14.0 Å². The highest BCUT2D eigenvalue weighted by Crippen LogP contribution is 2.40. The Kier molecular flexibility index (Phi) is 4.73. The van der Waals surface area contributed by atoms with Gasteiger partial charge in [0.15, 0.2) is 0 Å². The van der Waals surface area contributed by atoms with Crippen LogP contribution in [0.2, 0.25) is 0 Å². The largest absolute Gasteiger partial charge is 0.491 e. The molecule has 0 bridgehead atoms. The molecule has 1 amide bonds. The van der Waals surface area contributed by atoms with Gasteiger partial charge in [-0.3, -0.25) is 4.90 Å². The van der Waals surface area contributed by atoms with Crippen LogP contribution in [0, 0.1) is 0 Å². The molecule has 3 rings (SSSR count). The minimum atomic E-state index is -0.479. The maximum Gasteiger partial charge on any atom is 0.491 e. The van der Waals surface area contributed by atoms with Gasteiger partial charge in [-0.2, -0.15) is 0 Å². The van der Waals surface area contributed by atoms with Crippen LogP contribution >= 0.6 is 0 Å². The predicted octanol–water partition coefficient (Wildman–Crippen LogP) is 2.87. The van der Waals surface area contributed by atoms with Crippen molar-refractivity contribution in [2.45, 2.75) is 84.3 Å². The van der Waals surface area contributed by atoms with Crippen molar-refractivity contribution < 1.29 is 18.8 Å². The highest BCUT2D eigenvalue weighted by atomic mass is 16.7. The van der Waals surface area contributed by atoms with Crippen LogP contribution in [-0.2, 0) is 14.0 Å². The lowest BCUT2D eigenvalue weighted by Crippen LogP contribution is -2.58. The van der Waals surface area contributed by atoms with E-state index in [0.717, 1.165) is 18.6 Å². The number of hydrogen-bond acceptors (Lipinski definition) is 5. The number of hydrogen-bond donors (Lipinski definition) is 0. The lowest BCUT2D eigenvalue weighted by Gasteiger charge is -2.43. The summed E-state index contributed by atoms with van der Waals surface area (Å²) in [5.41, 5.74) is 0.00491. The van der Waals surface area contributed by atoms with Crippen molar-refractivity contribution in [1.29, 1.82) is 0 Å². The van der Waals surface area contributed by atoms with Crippen molar-refractivity contribution in [3.63, 3.8) is 0 Å². The average Bonchev–Trinajstić information content (AvgIpc) is 2.97. The summed E-state index contributed by atoms with van der Waals surface area (Å²) in [5.74, 6) is 0. The summed E-state index contributed by atoms with van der Waals surface area (Å²) in [6, 6.07) is 0.226. The molecule has 6 nitrogen and oxygen atoms in total. The standard InChI is InChI=1S/C19H33BN2O4/c1-13-15-11-14(20-25-18(5,6)19(7,8)26-20)12-21(15)9-10-22(13)16(23)24-17(2,3)4/h11,13,15H,9-10,12H2,1-8H3/t13-,15?/m0/s1. The molecule has 0 spiro atoms. The topological polar surface area (TPSA) is 51.2 Å². The lowest BCUT2D eigenvalue weighted by atomic mass is 9.78. The molecule has 2 fully saturated rings. The van der Waals surface area contributed by atoms with E-state index in [2.05, 4.69) is 45.6 Å². The fourth-order valence-electron chi connectivity index (χ4n) is 3.74. The van der Waals surface area contributed by atoms with E-state index in [9.17, 15) is 4.79 Å². The van der Waals surface area contributed by atoms with Crippen LogP contribution in [0.3, 0.4) is 0 Å². The zero-order valence-corrected chi connectivity index (χ0v) is 17.5. The number of fused-ring (bicyclic) bond motifs is 1. The number of carbonyl (C=O) groups is 1. The van der Waals surface area contributed by atoms with Gasteiger partial charge in [-0.1, -0.05) is 6.08 Å². The van der Waals surface area contributed by atoms with Crippen LogP contribution in [0.4, 0.5) is 4.79 Å². The van der Waals surface area contributed by atoms with E-state index in [1.165, 1.54) is 0 Å². The summed E-state index contributed by atoms with van der Waals surface area (Å²) in [5, 5.41) is 0. The Morgan fingerprint density at radius 3 is 2.31 bits per heavy atom. The molecule has 2 saturated heterocycles. The van der Waals surface area contributed by atoms with Gasteiger partial charge in [-0.05, 0) is 60.9 Å². The Bertz CT molecular complexity index is 595. The van der Waals surface area contributed by atoms with Gasteiger partial charge in [0, 0.05) is 25.7 Å². The minimum absolute atomic E-state index is 0.0542. The molecule has 3 aliphatic rings. The Hall–Kier alpha value is -1.05. The Labute approximate surface area is 158 Å². The van der Waals surface area contributed by atoms with E-state index >= 15 is 0 Å². The van der Waals surface area contributed by atoms with Gasteiger partial charge in [-0.25, -0.2) is 4.79 Å². The molecule has 0 aromatic carbocycles. The number of rotatable bonds is 1. The summed E-state index contributed by atoms with van der Waals surface area (Å²) in [6.07, 6.45) is 1.99. The first kappa shape index (κ1) is 19.7. The van der Waals surface area contributed by atoms with Crippen LogP contribution < -0.4 is 0 Å². The number of carbonyl (C=O) groups excluding carboxylic acids is 1. The summed E-state index contributed by atoms with van der Waals surface area (Å²) < 4.78 is 18.0. The second kappa shape index (κ2) is 6.25. The normalized spacial score (nSPS) is 31.0. The molecule has 2 atom stereocenters. The van der Waals surface area contributed by atoms with Gasteiger partial charge in [0.25, 0.3) is 0 Å². The van der Waals surface area contributed by atoms with Gasteiger partial charge in [0.2, 0.25) is 0 Å². The first-order valence-corrected chi connectivity index (χ1v) is 9.61. The molecule has 0 aromatic heterocycles. The third kappa shape index (κ3) is 3.53. The summed E-state index contributed by atoms with van der Waals surface area (Å²) in [7, 11) is -0.312. The van der Waals surface area contributed by atoms with E-state index in [1.54, 1.807) is 0 Å². The van der Waals surface area contributed by atoms with E-state index in [1.807, 2.05) is 25.7 Å². The molecule has 3 aliphatic heterocycles. The molecule has 7 heteroatoms. The average molecular weight is 364 g/mol. The maximum absolute atomic E-state index is 12.5. The quantitative estimate of drug-likeness (QED) is 0.670. The first-order valence-electron chi connectivity index (χ1n) is 9.61. The minimum Gasteiger partial charge on any atom is -0.444 e. The third-order valence-corrected chi connectivity index (χ3v) is 5.99. The van der Waals surface area contributed by atoms with Crippen molar-refractivity contribution in [3.8, 4) is 0 Å². The van der Waals surface area contributed by atoms with Crippen molar-refractivity contribution in [2.75, 3.05) is 19.6 Å². The third-order valence-electron chi connectivity index (χ3n) is 5.99. The molecule has 0 aromatic rings. The van der Waals surface area contributed by atoms with E-state index in [-0.39, 0.29) is 36.5 Å². The zero-order valence-electron chi connectivity index (χ0n) is 17.5. The van der Waals surface area contributed by atoms with Crippen molar-refractivity contribution in [3.05, 3.63) is 11.5 Å². The van der Waals surface area contributed by atoms with Crippen LogP contribution in [-0.4, -0.2) is 71.5 Å². The van der Waals surface area contributed by atoms with Crippen molar-refractivity contribution in [2.24, 2.45) is 0 Å². The smallest absolute Gasteiger partial charge is 0.444 e. The molecule has 0 N–H and O–H groups in total. The molecular weight excluding hydrogens is 331 g/mol. The molecule has 146 valence electrons. The maximum atomic E-state index is 12.5. The molecule has 0 aliphatic carbocycles. The van der Waals surface area contributed by atoms with Gasteiger partial charge in [0.1, 0.15) is 5.60 Å². The summed E-state index contributed by atoms with van der Waals surface area (Å²) in [4.78, 5) is 16.8. The van der Waals surface area contributed by atoms with Crippen LogP contribution in [0.1, 0.15) is 55.4 Å². The fourth-order valence-corrected chi connectivity index (χ4v) is 3.74. The monoisotopic (exact) mass is 364 g/mol. The van der Waals surface area contributed by atoms with E-state index in [0.29, 0.717) is 6.54 Å². The molecule has 26 heavy (non-hydrogen) atoms. The predicted molar refractivity (Wildman–Crippen MR) is 102 cm³/mol. The lowest BCUT2D eigenvalue weighted by molar-refractivity contribution is -0.00416. The number of ether oxygens (including phenoxy) is 1. The number of amides is 1. The van der Waals surface area contributed by atoms with Gasteiger partial charge < -0.3 is 18.9 Å². The second-order valence-electron chi connectivity index (χ2n) is 9.71.